The summed E-state index contributed by atoms with van der Waals surface area (Å²) in [5.74, 6) is 0.337. The fourth-order valence-corrected chi connectivity index (χ4v) is 7.16. The number of para-hydroxylation sites is 2. The Balaban J connectivity index is 1.20. The molecule has 0 spiro atoms. The van der Waals surface area contributed by atoms with Gasteiger partial charge in [-0.1, -0.05) is 103 Å². The van der Waals surface area contributed by atoms with Crippen LogP contribution in [0, 0.1) is 0 Å². The molecule has 0 saturated heterocycles. The van der Waals surface area contributed by atoms with Gasteiger partial charge in [0.1, 0.15) is 0 Å². The SMILES string of the molecule is C1=CC2c3cc(-c4ccc5c(c4)c4ccccc4n5-c4ccc5ccccc5c4)ccc3N(c3ccccc3)C2C=C1. The number of fused-ring (bicyclic) bond motifs is 7. The number of rotatable bonds is 3. The van der Waals surface area contributed by atoms with Gasteiger partial charge in [0, 0.05) is 33.8 Å². The molecule has 0 fully saturated rings. The Kier molecular flexibility index (Phi) is 5.06. The van der Waals surface area contributed by atoms with E-state index in [1.165, 1.54) is 66.3 Å². The minimum absolute atomic E-state index is 0.296. The van der Waals surface area contributed by atoms with Crippen LogP contribution in [0.15, 0.2) is 158 Å². The molecule has 0 radical (unpaired) electrons. The molecule has 0 saturated carbocycles. The van der Waals surface area contributed by atoms with Crippen LogP contribution in [0.5, 0.6) is 0 Å². The molecule has 6 aromatic carbocycles. The first-order valence-corrected chi connectivity index (χ1v) is 14.7. The lowest BCUT2D eigenvalue weighted by Crippen LogP contribution is -2.28. The maximum Gasteiger partial charge on any atom is 0.0629 e. The van der Waals surface area contributed by atoms with Crippen molar-refractivity contribution >= 4 is 44.0 Å². The Bertz CT molecular complexity index is 2220. The second-order valence-corrected chi connectivity index (χ2v) is 11.4. The number of aromatic nitrogens is 1. The van der Waals surface area contributed by atoms with Crippen molar-refractivity contribution in [3.05, 3.63) is 163 Å². The average molecular weight is 537 g/mol. The highest BCUT2D eigenvalue weighted by Gasteiger charge is 2.37. The Morgan fingerprint density at radius 1 is 0.476 bits per heavy atom. The van der Waals surface area contributed by atoms with Crippen LogP contribution in [0.4, 0.5) is 11.4 Å². The van der Waals surface area contributed by atoms with Gasteiger partial charge in [-0.15, -0.1) is 0 Å². The summed E-state index contributed by atoms with van der Waals surface area (Å²) >= 11 is 0. The van der Waals surface area contributed by atoms with Gasteiger partial charge in [0.05, 0.1) is 17.1 Å². The molecule has 0 bridgehead atoms. The first-order chi connectivity index (χ1) is 20.8. The molecular formula is C40H28N2. The molecule has 42 heavy (non-hydrogen) atoms. The largest absolute Gasteiger partial charge is 0.333 e. The lowest BCUT2D eigenvalue weighted by Gasteiger charge is -2.28. The second-order valence-electron chi connectivity index (χ2n) is 11.4. The third kappa shape index (κ3) is 3.45. The lowest BCUT2D eigenvalue weighted by molar-refractivity contribution is 0.745. The van der Waals surface area contributed by atoms with Crippen molar-refractivity contribution in [2.24, 2.45) is 0 Å². The summed E-state index contributed by atoms with van der Waals surface area (Å²) in [5, 5.41) is 5.07. The van der Waals surface area contributed by atoms with Crippen molar-refractivity contribution in [1.29, 1.82) is 0 Å². The van der Waals surface area contributed by atoms with Crippen molar-refractivity contribution in [3.63, 3.8) is 0 Å². The molecule has 0 N–H and O–H groups in total. The minimum atomic E-state index is 0.296. The van der Waals surface area contributed by atoms with E-state index in [1.807, 2.05) is 0 Å². The molecule has 0 amide bonds. The molecule has 7 aromatic rings. The van der Waals surface area contributed by atoms with Gasteiger partial charge >= 0.3 is 0 Å². The second kappa shape index (κ2) is 9.09. The monoisotopic (exact) mass is 536 g/mol. The third-order valence-corrected chi connectivity index (χ3v) is 9.08. The fraction of sp³-hybridized carbons (Fsp3) is 0.0500. The molecule has 2 heterocycles. The Hall–Kier alpha value is -5.34. The Labute approximate surface area is 245 Å². The highest BCUT2D eigenvalue weighted by Crippen LogP contribution is 2.49. The average Bonchev–Trinajstić information content (AvgIpc) is 3.57. The summed E-state index contributed by atoms with van der Waals surface area (Å²) < 4.78 is 2.41. The van der Waals surface area contributed by atoms with Gasteiger partial charge in [0.15, 0.2) is 0 Å². The predicted molar refractivity (Wildman–Crippen MR) is 177 cm³/mol. The summed E-state index contributed by atoms with van der Waals surface area (Å²) in [7, 11) is 0. The molecule has 2 unspecified atom stereocenters. The third-order valence-electron chi connectivity index (χ3n) is 9.08. The molecule has 1 aliphatic heterocycles. The first kappa shape index (κ1) is 23.4. The van der Waals surface area contributed by atoms with Gasteiger partial charge in [-0.3, -0.25) is 0 Å². The van der Waals surface area contributed by atoms with Gasteiger partial charge < -0.3 is 9.47 Å². The molecule has 1 aliphatic carbocycles. The van der Waals surface area contributed by atoms with Crippen LogP contribution in [-0.4, -0.2) is 10.6 Å². The van der Waals surface area contributed by atoms with E-state index in [1.54, 1.807) is 0 Å². The van der Waals surface area contributed by atoms with Gasteiger partial charge in [-0.2, -0.15) is 0 Å². The maximum absolute atomic E-state index is 2.49. The highest BCUT2D eigenvalue weighted by atomic mass is 15.2. The summed E-state index contributed by atoms with van der Waals surface area (Å²) in [4.78, 5) is 2.49. The summed E-state index contributed by atoms with van der Waals surface area (Å²) in [6.45, 7) is 0. The zero-order valence-electron chi connectivity index (χ0n) is 23.1. The van der Waals surface area contributed by atoms with Gasteiger partial charge in [0.2, 0.25) is 0 Å². The van der Waals surface area contributed by atoms with Crippen molar-refractivity contribution in [3.8, 4) is 16.8 Å². The van der Waals surface area contributed by atoms with E-state index < -0.39 is 0 Å². The predicted octanol–water partition coefficient (Wildman–Crippen LogP) is 10.3. The van der Waals surface area contributed by atoms with Crippen LogP contribution in [0.1, 0.15) is 11.5 Å². The number of nitrogens with zero attached hydrogens (tertiary/aromatic N) is 2. The lowest BCUT2D eigenvalue weighted by atomic mass is 9.89. The number of allylic oxidation sites excluding steroid dienone is 2. The van der Waals surface area contributed by atoms with Crippen LogP contribution in [0.3, 0.4) is 0 Å². The Morgan fingerprint density at radius 3 is 2.14 bits per heavy atom. The highest BCUT2D eigenvalue weighted by molar-refractivity contribution is 6.10. The summed E-state index contributed by atoms with van der Waals surface area (Å²) in [5.41, 5.74) is 10.1. The molecular weight excluding hydrogens is 508 g/mol. The van der Waals surface area contributed by atoms with Crippen LogP contribution < -0.4 is 4.90 Å². The fourth-order valence-electron chi connectivity index (χ4n) is 7.16. The van der Waals surface area contributed by atoms with Crippen LogP contribution in [0.2, 0.25) is 0 Å². The van der Waals surface area contributed by atoms with Crippen molar-refractivity contribution in [2.75, 3.05) is 4.90 Å². The quantitative estimate of drug-likeness (QED) is 0.218. The van der Waals surface area contributed by atoms with Crippen molar-refractivity contribution in [1.82, 2.24) is 4.57 Å². The van der Waals surface area contributed by atoms with E-state index in [2.05, 4.69) is 167 Å². The number of benzene rings is 6. The first-order valence-electron chi connectivity index (χ1n) is 14.7. The summed E-state index contributed by atoms with van der Waals surface area (Å²) in [6.07, 6.45) is 9.07. The van der Waals surface area contributed by atoms with Crippen LogP contribution in [0.25, 0.3) is 49.4 Å². The van der Waals surface area contributed by atoms with Crippen LogP contribution in [-0.2, 0) is 0 Å². The number of anilines is 2. The smallest absolute Gasteiger partial charge is 0.0629 e. The van der Waals surface area contributed by atoms with Gasteiger partial charge in [-0.25, -0.2) is 0 Å². The minimum Gasteiger partial charge on any atom is -0.333 e. The van der Waals surface area contributed by atoms with E-state index in [0.29, 0.717) is 12.0 Å². The maximum atomic E-state index is 2.49. The molecule has 2 atom stereocenters. The van der Waals surface area contributed by atoms with Gasteiger partial charge in [0.25, 0.3) is 0 Å². The summed E-state index contributed by atoms with van der Waals surface area (Å²) in [6, 6.07) is 49.2. The molecule has 2 heteroatoms. The standard InChI is InChI=1S/C40H28N2/c1-2-12-31(13-3-1)41-37-16-8-6-14-33(37)35-25-29(19-22-39(35)41)30-20-23-40-36(26-30)34-15-7-9-17-38(34)42(40)32-21-18-27-10-4-5-11-28(27)24-32/h1-26,33,37H. The van der Waals surface area contributed by atoms with E-state index >= 15 is 0 Å². The molecule has 2 aliphatic rings. The molecule has 2 nitrogen and oxygen atoms in total. The number of hydrogen-bond acceptors (Lipinski definition) is 1. The number of hydrogen-bond donors (Lipinski definition) is 0. The molecule has 198 valence electrons. The normalized spacial score (nSPS) is 17.3. The topological polar surface area (TPSA) is 8.17 Å². The van der Waals surface area contributed by atoms with E-state index in [9.17, 15) is 0 Å². The van der Waals surface area contributed by atoms with Gasteiger partial charge in [-0.05, 0) is 82.1 Å². The molecule has 1 aromatic heterocycles. The van der Waals surface area contributed by atoms with Crippen molar-refractivity contribution in [2.45, 2.75) is 12.0 Å². The van der Waals surface area contributed by atoms with E-state index in [4.69, 9.17) is 0 Å². The van der Waals surface area contributed by atoms with E-state index in [-0.39, 0.29) is 0 Å². The zero-order chi connectivity index (χ0) is 27.6. The van der Waals surface area contributed by atoms with Crippen molar-refractivity contribution < 1.29 is 0 Å². The molecule has 9 rings (SSSR count). The zero-order valence-corrected chi connectivity index (χ0v) is 23.1. The van der Waals surface area contributed by atoms with E-state index in [0.717, 1.165) is 0 Å². The van der Waals surface area contributed by atoms with Crippen LogP contribution >= 0.6 is 0 Å². The Morgan fingerprint density at radius 2 is 1.21 bits per heavy atom.